The molecule has 0 radical (unpaired) electrons. The number of benzene rings is 1. The average Bonchev–Trinajstić information content (AvgIpc) is 2.60. The maximum atomic E-state index is 13.8. The summed E-state index contributed by atoms with van der Waals surface area (Å²) < 4.78 is 13.8. The fraction of sp³-hybridized carbons (Fsp3) is 0.444. The number of nitrogens with zero attached hydrogens (tertiary/aromatic N) is 3. The number of hydrogen-bond acceptors (Lipinski definition) is 4. The van der Waals surface area contributed by atoms with Crippen LogP contribution in [0.2, 0.25) is 0 Å². The summed E-state index contributed by atoms with van der Waals surface area (Å²) in [6, 6.07) is 7.62. The summed E-state index contributed by atoms with van der Waals surface area (Å²) >= 11 is 0. The fourth-order valence-corrected chi connectivity index (χ4v) is 3.93. The van der Waals surface area contributed by atoms with Crippen LogP contribution in [0.1, 0.15) is 19.8 Å². The van der Waals surface area contributed by atoms with Crippen LogP contribution < -0.4 is 5.32 Å². The van der Waals surface area contributed by atoms with Gasteiger partial charge in [-0.15, -0.1) is 0 Å². The van der Waals surface area contributed by atoms with Gasteiger partial charge in [0.15, 0.2) is 0 Å². The van der Waals surface area contributed by atoms with Gasteiger partial charge in [0.2, 0.25) is 5.95 Å². The van der Waals surface area contributed by atoms with Gasteiger partial charge in [-0.1, -0.05) is 18.2 Å². The number of piperidine rings is 3. The zero-order valence-corrected chi connectivity index (χ0v) is 13.2. The topological polar surface area (TPSA) is 41.1 Å². The molecule has 0 unspecified atom stereocenters. The number of aromatic nitrogens is 2. The number of rotatable bonds is 3. The lowest BCUT2D eigenvalue weighted by atomic mass is 9.79. The first kappa shape index (κ1) is 14.6. The van der Waals surface area contributed by atoms with Gasteiger partial charge in [0.1, 0.15) is 5.82 Å². The highest BCUT2D eigenvalue weighted by molar-refractivity contribution is 5.62. The Balaban J connectivity index is 1.52. The molecule has 0 aliphatic carbocycles. The molecule has 5 rings (SSSR count). The highest BCUT2D eigenvalue weighted by Gasteiger charge is 2.39. The van der Waals surface area contributed by atoms with Crippen LogP contribution in [-0.4, -0.2) is 40.0 Å². The third kappa shape index (κ3) is 2.70. The highest BCUT2D eigenvalue weighted by Crippen LogP contribution is 2.33. The van der Waals surface area contributed by atoms with Crippen LogP contribution in [0, 0.1) is 11.7 Å². The summed E-state index contributed by atoms with van der Waals surface area (Å²) in [6.45, 7) is 4.69. The van der Waals surface area contributed by atoms with Crippen molar-refractivity contribution >= 4 is 5.95 Å². The molecule has 1 aromatic heterocycles. The number of hydrogen-bond donors (Lipinski definition) is 1. The van der Waals surface area contributed by atoms with E-state index >= 15 is 0 Å². The van der Waals surface area contributed by atoms with Gasteiger partial charge in [-0.3, -0.25) is 4.90 Å². The second-order valence-electron chi connectivity index (χ2n) is 6.56. The average molecular weight is 312 g/mol. The third-order valence-corrected chi connectivity index (χ3v) is 5.31. The van der Waals surface area contributed by atoms with Gasteiger partial charge in [-0.05, 0) is 44.8 Å². The Hall–Kier alpha value is -2.01. The summed E-state index contributed by atoms with van der Waals surface area (Å²) in [5, 5.41) is 3.50. The van der Waals surface area contributed by atoms with E-state index in [4.69, 9.17) is 0 Å². The summed E-state index contributed by atoms with van der Waals surface area (Å²) in [5.41, 5.74) is 1.24. The summed E-state index contributed by atoms with van der Waals surface area (Å²) in [7, 11) is 0. The molecule has 0 saturated carbocycles. The van der Waals surface area contributed by atoms with Crippen LogP contribution in [-0.2, 0) is 0 Å². The third-order valence-electron chi connectivity index (χ3n) is 5.31. The molecule has 3 aliphatic rings. The van der Waals surface area contributed by atoms with Gasteiger partial charge in [-0.25, -0.2) is 14.4 Å². The Morgan fingerprint density at radius 2 is 1.83 bits per heavy atom. The van der Waals surface area contributed by atoms with Gasteiger partial charge >= 0.3 is 0 Å². The van der Waals surface area contributed by atoms with Gasteiger partial charge in [0, 0.05) is 35.6 Å². The molecule has 1 aromatic carbocycles. The summed E-state index contributed by atoms with van der Waals surface area (Å²) in [6.07, 6.45) is 5.88. The lowest BCUT2D eigenvalue weighted by Gasteiger charge is -2.49. The van der Waals surface area contributed by atoms with Crippen LogP contribution in [0.15, 0.2) is 36.7 Å². The Morgan fingerprint density at radius 3 is 2.48 bits per heavy atom. The van der Waals surface area contributed by atoms with Crippen molar-refractivity contribution in [3.63, 3.8) is 0 Å². The minimum Gasteiger partial charge on any atom is -0.350 e. The van der Waals surface area contributed by atoms with Gasteiger partial charge in [0.05, 0.1) is 0 Å². The number of fused-ring (bicyclic) bond motifs is 3. The van der Waals surface area contributed by atoms with Crippen molar-refractivity contribution in [2.24, 2.45) is 5.92 Å². The van der Waals surface area contributed by atoms with Crippen LogP contribution >= 0.6 is 0 Å². The molecule has 0 amide bonds. The molecule has 2 atom stereocenters. The van der Waals surface area contributed by atoms with E-state index in [0.717, 1.165) is 0 Å². The molecule has 5 heteroatoms. The molecule has 1 N–H and O–H groups in total. The smallest absolute Gasteiger partial charge is 0.222 e. The molecule has 23 heavy (non-hydrogen) atoms. The second-order valence-corrected chi connectivity index (χ2v) is 6.56. The zero-order valence-electron chi connectivity index (χ0n) is 13.2. The Bertz CT molecular complexity index is 678. The van der Waals surface area contributed by atoms with Crippen molar-refractivity contribution in [1.82, 2.24) is 14.9 Å². The first-order chi connectivity index (χ1) is 11.2. The standard InChI is InChI=1S/C18H21FN4/c1-12-17(13-6-8-23(12)9-7-13)22-18-20-10-14(11-21-18)15-4-2-3-5-16(15)19/h2-5,10-13,17H,6-9H2,1H3,(H,20,21,22)/t12-,17-/m1/s1. The molecule has 3 aliphatic heterocycles. The van der Waals surface area contributed by atoms with E-state index in [9.17, 15) is 4.39 Å². The monoisotopic (exact) mass is 312 g/mol. The van der Waals surface area contributed by atoms with E-state index in [1.807, 2.05) is 6.07 Å². The maximum Gasteiger partial charge on any atom is 0.222 e. The summed E-state index contributed by atoms with van der Waals surface area (Å²) in [5.74, 6) is 1.09. The minimum atomic E-state index is -0.247. The Labute approximate surface area is 135 Å². The minimum absolute atomic E-state index is 0.247. The van der Waals surface area contributed by atoms with Crippen molar-refractivity contribution in [3.8, 4) is 11.1 Å². The quantitative estimate of drug-likeness (QED) is 0.945. The van der Waals surface area contributed by atoms with E-state index < -0.39 is 0 Å². The fourth-order valence-electron chi connectivity index (χ4n) is 3.93. The molecule has 3 saturated heterocycles. The van der Waals surface area contributed by atoms with Crippen molar-refractivity contribution in [3.05, 3.63) is 42.5 Å². The molecule has 2 aromatic rings. The van der Waals surface area contributed by atoms with Crippen molar-refractivity contribution < 1.29 is 4.39 Å². The lowest BCUT2D eigenvalue weighted by Crippen LogP contribution is -2.59. The van der Waals surface area contributed by atoms with Crippen LogP contribution in [0.5, 0.6) is 0 Å². The molecule has 2 bridgehead atoms. The molecule has 120 valence electrons. The molecule has 4 nitrogen and oxygen atoms in total. The van der Waals surface area contributed by atoms with Gasteiger partial charge in [0.25, 0.3) is 0 Å². The van der Waals surface area contributed by atoms with Crippen molar-refractivity contribution in [2.75, 3.05) is 18.4 Å². The van der Waals surface area contributed by atoms with Crippen LogP contribution in [0.3, 0.4) is 0 Å². The predicted octanol–water partition coefficient (Wildman–Crippen LogP) is 3.18. The van der Waals surface area contributed by atoms with Crippen molar-refractivity contribution in [2.45, 2.75) is 31.8 Å². The van der Waals surface area contributed by atoms with E-state index in [2.05, 4.69) is 27.1 Å². The zero-order chi connectivity index (χ0) is 15.8. The van der Waals surface area contributed by atoms with Crippen LogP contribution in [0.4, 0.5) is 10.3 Å². The van der Waals surface area contributed by atoms with E-state index in [1.54, 1.807) is 24.5 Å². The first-order valence-electron chi connectivity index (χ1n) is 8.30. The van der Waals surface area contributed by atoms with Crippen LogP contribution in [0.25, 0.3) is 11.1 Å². The highest BCUT2D eigenvalue weighted by atomic mass is 19.1. The largest absolute Gasteiger partial charge is 0.350 e. The molecular formula is C18H21FN4. The number of nitrogens with one attached hydrogen (secondary N) is 1. The predicted molar refractivity (Wildman–Crippen MR) is 88.6 cm³/mol. The number of anilines is 1. The second kappa shape index (κ2) is 5.89. The van der Waals surface area contributed by atoms with E-state index in [1.165, 1.54) is 32.0 Å². The first-order valence-corrected chi connectivity index (χ1v) is 8.30. The SMILES string of the molecule is C[C@@H]1[C@@H](Nc2ncc(-c3ccccc3F)cn2)C2CCN1CC2. The molecule has 3 fully saturated rings. The molecule has 0 spiro atoms. The lowest BCUT2D eigenvalue weighted by molar-refractivity contribution is 0.0455. The van der Waals surface area contributed by atoms with Gasteiger partial charge < -0.3 is 5.32 Å². The normalized spacial score (nSPS) is 29.5. The summed E-state index contributed by atoms with van der Waals surface area (Å²) in [4.78, 5) is 11.3. The van der Waals surface area contributed by atoms with E-state index in [-0.39, 0.29) is 5.82 Å². The number of halogens is 1. The van der Waals surface area contributed by atoms with Gasteiger partial charge in [-0.2, -0.15) is 0 Å². The Kier molecular flexibility index (Phi) is 3.73. The molecule has 4 heterocycles. The van der Waals surface area contributed by atoms with E-state index in [0.29, 0.717) is 35.1 Å². The Morgan fingerprint density at radius 1 is 1.13 bits per heavy atom. The maximum absolute atomic E-state index is 13.8. The molecular weight excluding hydrogens is 291 g/mol. The van der Waals surface area contributed by atoms with Crippen molar-refractivity contribution in [1.29, 1.82) is 0 Å².